The summed E-state index contributed by atoms with van der Waals surface area (Å²) in [5, 5.41) is 4.22. The molecular weight excluding hydrogens is 390 g/mol. The average Bonchev–Trinajstić information content (AvgIpc) is 2.80. The van der Waals surface area contributed by atoms with Gasteiger partial charge in [0, 0.05) is 13.7 Å². The molecule has 2 rings (SSSR count). The Morgan fingerprint density at radius 3 is 2.55 bits per heavy atom. The van der Waals surface area contributed by atoms with Gasteiger partial charge in [-0.15, -0.1) is 0 Å². The SMILES string of the molecule is CCOC(O[C@@H]1CN(C(=O)COC)NC(=O)N[C@@H]1Cc1ccccc1)[Si](C)(C)C. The van der Waals surface area contributed by atoms with Crippen LogP contribution in [-0.4, -0.2) is 69.9 Å². The van der Waals surface area contributed by atoms with Crippen LogP contribution in [0.15, 0.2) is 30.3 Å². The molecule has 1 saturated heterocycles. The number of benzene rings is 1. The second-order valence-electron chi connectivity index (χ2n) is 8.15. The number of carbonyl (C=O) groups excluding carboxylic acids is 2. The first-order valence-electron chi connectivity index (χ1n) is 9.92. The molecule has 0 radical (unpaired) electrons. The van der Waals surface area contributed by atoms with Crippen LogP contribution in [0.25, 0.3) is 0 Å². The van der Waals surface area contributed by atoms with Gasteiger partial charge in [0.2, 0.25) is 0 Å². The Hall–Kier alpha value is -1.94. The van der Waals surface area contributed by atoms with Gasteiger partial charge >= 0.3 is 6.03 Å². The summed E-state index contributed by atoms with van der Waals surface area (Å²) >= 11 is 0. The Bertz CT molecular complexity index is 668. The lowest BCUT2D eigenvalue weighted by Crippen LogP contribution is -2.53. The summed E-state index contributed by atoms with van der Waals surface area (Å²) in [4.78, 5) is 24.8. The number of hydrazine groups is 1. The van der Waals surface area contributed by atoms with Gasteiger partial charge in [0.1, 0.15) is 26.7 Å². The van der Waals surface area contributed by atoms with E-state index in [1.807, 2.05) is 37.3 Å². The summed E-state index contributed by atoms with van der Waals surface area (Å²) in [5.74, 6) is -0.692. The molecule has 0 aromatic heterocycles. The van der Waals surface area contributed by atoms with Crippen LogP contribution in [0.1, 0.15) is 12.5 Å². The topological polar surface area (TPSA) is 89.1 Å². The van der Waals surface area contributed by atoms with Crippen molar-refractivity contribution < 1.29 is 23.8 Å². The van der Waals surface area contributed by atoms with E-state index >= 15 is 0 Å². The van der Waals surface area contributed by atoms with Gasteiger partial charge in [-0.25, -0.2) is 15.2 Å². The number of rotatable bonds is 9. The first-order chi connectivity index (χ1) is 13.7. The molecule has 1 aromatic carbocycles. The predicted octanol–water partition coefficient (Wildman–Crippen LogP) is 1.93. The molecule has 0 aliphatic carbocycles. The molecule has 3 atom stereocenters. The number of ether oxygens (including phenoxy) is 3. The zero-order chi connectivity index (χ0) is 21.4. The minimum Gasteiger partial charge on any atom is -0.375 e. The van der Waals surface area contributed by atoms with Gasteiger partial charge in [-0.1, -0.05) is 50.0 Å². The van der Waals surface area contributed by atoms with Crippen molar-refractivity contribution in [3.05, 3.63) is 35.9 Å². The second kappa shape index (κ2) is 10.7. The van der Waals surface area contributed by atoms with Crippen LogP contribution < -0.4 is 10.7 Å². The van der Waals surface area contributed by atoms with Crippen molar-refractivity contribution in [1.82, 2.24) is 15.8 Å². The highest BCUT2D eigenvalue weighted by Gasteiger charge is 2.38. The maximum Gasteiger partial charge on any atom is 0.333 e. The lowest BCUT2D eigenvalue weighted by atomic mass is 10.0. The summed E-state index contributed by atoms with van der Waals surface area (Å²) in [5.41, 5.74) is 3.67. The van der Waals surface area contributed by atoms with Crippen LogP contribution in [0.4, 0.5) is 4.79 Å². The summed E-state index contributed by atoms with van der Waals surface area (Å²) in [6, 6.07) is 9.12. The van der Waals surface area contributed by atoms with E-state index in [1.165, 1.54) is 12.1 Å². The Labute approximate surface area is 173 Å². The first-order valence-corrected chi connectivity index (χ1v) is 13.5. The number of nitrogens with one attached hydrogen (secondary N) is 2. The predicted molar refractivity (Wildman–Crippen MR) is 113 cm³/mol. The summed E-state index contributed by atoms with van der Waals surface area (Å²) in [6.07, 6.45) is 0.133. The molecular formula is C20H33N3O5Si. The van der Waals surface area contributed by atoms with E-state index in [9.17, 15) is 9.59 Å². The van der Waals surface area contributed by atoms with Gasteiger partial charge in [0.25, 0.3) is 5.91 Å². The fourth-order valence-electron chi connectivity index (χ4n) is 3.13. The number of amides is 3. The minimum absolute atomic E-state index is 0.126. The number of carbonyl (C=O) groups is 2. The molecule has 29 heavy (non-hydrogen) atoms. The van der Waals surface area contributed by atoms with E-state index in [0.29, 0.717) is 13.0 Å². The molecule has 1 aromatic rings. The molecule has 1 aliphatic heterocycles. The molecule has 1 heterocycles. The highest BCUT2D eigenvalue weighted by Crippen LogP contribution is 2.20. The van der Waals surface area contributed by atoms with Gasteiger partial charge < -0.3 is 19.5 Å². The largest absolute Gasteiger partial charge is 0.375 e. The summed E-state index contributed by atoms with van der Waals surface area (Å²) in [6.45, 7) is 9.04. The summed E-state index contributed by atoms with van der Waals surface area (Å²) in [7, 11) is -0.374. The Balaban J connectivity index is 2.29. The Morgan fingerprint density at radius 1 is 1.28 bits per heavy atom. The monoisotopic (exact) mass is 423 g/mol. The van der Waals surface area contributed by atoms with Crippen molar-refractivity contribution in [2.75, 3.05) is 26.9 Å². The molecule has 1 fully saturated rings. The van der Waals surface area contributed by atoms with Crippen LogP contribution in [-0.2, 0) is 25.4 Å². The van der Waals surface area contributed by atoms with Crippen molar-refractivity contribution in [3.8, 4) is 0 Å². The molecule has 0 spiro atoms. The van der Waals surface area contributed by atoms with Crippen LogP contribution in [0.2, 0.25) is 19.6 Å². The highest BCUT2D eigenvalue weighted by atomic mass is 28.3. The normalized spacial score (nSPS) is 21.1. The fourth-order valence-corrected chi connectivity index (χ4v) is 4.38. The van der Waals surface area contributed by atoms with E-state index in [1.54, 1.807) is 0 Å². The van der Waals surface area contributed by atoms with E-state index in [-0.39, 0.29) is 31.0 Å². The molecule has 0 bridgehead atoms. The first kappa shape index (κ1) is 23.3. The number of methoxy groups -OCH3 is 1. The molecule has 8 nitrogen and oxygen atoms in total. The van der Waals surface area contributed by atoms with Gasteiger partial charge in [-0.3, -0.25) is 4.79 Å². The molecule has 3 amide bonds. The van der Waals surface area contributed by atoms with Crippen LogP contribution in [0.5, 0.6) is 0 Å². The second-order valence-corrected chi connectivity index (χ2v) is 13.4. The third-order valence-electron chi connectivity index (χ3n) is 4.56. The van der Waals surface area contributed by atoms with Gasteiger partial charge in [0.05, 0.1) is 12.6 Å². The van der Waals surface area contributed by atoms with Crippen molar-refractivity contribution in [1.29, 1.82) is 0 Å². The third-order valence-corrected chi connectivity index (χ3v) is 6.27. The molecule has 2 N–H and O–H groups in total. The highest BCUT2D eigenvalue weighted by molar-refractivity contribution is 6.77. The standard InChI is InChI=1S/C20H33N3O5Si/c1-6-27-20(29(3,4)5)28-17-13-23(18(24)14-26-2)22-19(25)21-16(17)12-15-10-8-7-9-11-15/h7-11,16-17,20H,6,12-14H2,1-5H3,(H2,21,22,25)/t16-,17-,20?/m1/s1. The van der Waals surface area contributed by atoms with Gasteiger partial charge in [-0.05, 0) is 18.9 Å². The maximum atomic E-state index is 12.4. The minimum atomic E-state index is -1.82. The molecule has 1 aliphatic rings. The lowest BCUT2D eigenvalue weighted by Gasteiger charge is -2.35. The Kier molecular flexibility index (Phi) is 8.63. The van der Waals surface area contributed by atoms with Crippen LogP contribution >= 0.6 is 0 Å². The number of urea groups is 1. The van der Waals surface area contributed by atoms with E-state index in [2.05, 4.69) is 30.4 Å². The van der Waals surface area contributed by atoms with Gasteiger partial charge in [0.15, 0.2) is 0 Å². The third kappa shape index (κ3) is 7.11. The maximum absolute atomic E-state index is 12.4. The number of hydrogen-bond acceptors (Lipinski definition) is 5. The molecule has 1 unspecified atom stereocenters. The average molecular weight is 424 g/mol. The van der Waals surface area contributed by atoms with Crippen molar-refractivity contribution in [2.45, 2.75) is 51.0 Å². The van der Waals surface area contributed by atoms with Crippen molar-refractivity contribution in [2.24, 2.45) is 0 Å². The van der Waals surface area contributed by atoms with Crippen molar-refractivity contribution >= 4 is 20.0 Å². The quantitative estimate of drug-likeness (QED) is 0.468. The zero-order valence-electron chi connectivity index (χ0n) is 17.9. The van der Waals surface area contributed by atoms with E-state index in [0.717, 1.165) is 5.56 Å². The van der Waals surface area contributed by atoms with E-state index in [4.69, 9.17) is 14.2 Å². The number of nitrogens with zero attached hydrogens (tertiary/aromatic N) is 1. The van der Waals surface area contributed by atoms with Crippen molar-refractivity contribution in [3.63, 3.8) is 0 Å². The fraction of sp³-hybridized carbons (Fsp3) is 0.600. The van der Waals surface area contributed by atoms with E-state index < -0.39 is 20.2 Å². The van der Waals surface area contributed by atoms with Gasteiger partial charge in [-0.2, -0.15) is 0 Å². The zero-order valence-corrected chi connectivity index (χ0v) is 18.9. The smallest absolute Gasteiger partial charge is 0.333 e. The van der Waals surface area contributed by atoms with Crippen LogP contribution in [0, 0.1) is 0 Å². The molecule has 0 saturated carbocycles. The van der Waals surface area contributed by atoms with Crippen LogP contribution in [0.3, 0.4) is 0 Å². The number of hydrogen-bond donors (Lipinski definition) is 2. The summed E-state index contributed by atoms with van der Waals surface area (Å²) < 4.78 is 17.3. The Morgan fingerprint density at radius 2 is 1.97 bits per heavy atom. The molecule has 9 heteroatoms. The lowest BCUT2D eigenvalue weighted by molar-refractivity contribution is -0.151. The molecule has 162 valence electrons.